The van der Waals surface area contributed by atoms with Crippen LogP contribution in [0.2, 0.25) is 0 Å². The Kier molecular flexibility index (Phi) is 5.92. The minimum absolute atomic E-state index is 0.0913. The summed E-state index contributed by atoms with van der Waals surface area (Å²) in [6.45, 7) is 0. The van der Waals surface area contributed by atoms with Crippen LogP contribution in [0, 0.1) is 0 Å². The Morgan fingerprint density at radius 2 is 1.68 bits per heavy atom. The number of rotatable bonds is 5. The first kappa shape index (κ1) is 21.2. The fourth-order valence-electron chi connectivity index (χ4n) is 3.62. The number of Topliss-reactive ketones (excluding diaryl/α,β-unsaturated/α-hetero) is 1. The molecule has 1 atom stereocenters. The summed E-state index contributed by atoms with van der Waals surface area (Å²) in [7, 11) is 0. The predicted molar refractivity (Wildman–Crippen MR) is 118 cm³/mol. The van der Waals surface area contributed by atoms with Crippen LogP contribution in [0.3, 0.4) is 0 Å². The number of hydrogen-bond acceptors (Lipinski definition) is 2. The topological polar surface area (TPSA) is 30.0 Å². The summed E-state index contributed by atoms with van der Waals surface area (Å²) in [5.41, 5.74) is 2.12. The van der Waals surface area contributed by atoms with Gasteiger partial charge in [0.25, 0.3) is 0 Å². The summed E-state index contributed by atoms with van der Waals surface area (Å²) in [6, 6.07) is 21.5. The van der Waals surface area contributed by atoms with Gasteiger partial charge in [0.2, 0.25) is 0 Å². The van der Waals surface area contributed by atoms with Crippen LogP contribution >= 0.6 is 15.9 Å². The van der Waals surface area contributed by atoms with Crippen LogP contribution in [0.15, 0.2) is 89.5 Å². The SMILES string of the molecule is O=C(C[C@@H](c1ccc(C(F)(F)F)cc1)c1ccccc1Br)c1ccc2ncccc2c1. The Morgan fingerprint density at radius 3 is 2.39 bits per heavy atom. The molecule has 0 saturated heterocycles. The van der Waals surface area contributed by atoms with Gasteiger partial charge in [-0.3, -0.25) is 9.78 Å². The zero-order valence-corrected chi connectivity index (χ0v) is 17.8. The van der Waals surface area contributed by atoms with E-state index in [1.54, 1.807) is 24.4 Å². The van der Waals surface area contributed by atoms with Crippen LogP contribution in [0.5, 0.6) is 0 Å². The van der Waals surface area contributed by atoms with Gasteiger partial charge >= 0.3 is 6.18 Å². The average Bonchev–Trinajstić information content (AvgIpc) is 2.77. The quantitative estimate of drug-likeness (QED) is 0.276. The number of nitrogens with zero attached hydrogens (tertiary/aromatic N) is 1. The molecule has 3 aromatic carbocycles. The Labute approximate surface area is 185 Å². The summed E-state index contributed by atoms with van der Waals surface area (Å²) in [5.74, 6) is -0.485. The fourth-order valence-corrected chi connectivity index (χ4v) is 4.18. The van der Waals surface area contributed by atoms with Crippen LogP contribution in [0.25, 0.3) is 10.9 Å². The third kappa shape index (κ3) is 4.69. The predicted octanol–water partition coefficient (Wildman–Crippen LogP) is 7.42. The van der Waals surface area contributed by atoms with Crippen molar-refractivity contribution in [1.29, 1.82) is 0 Å². The molecule has 0 spiro atoms. The molecular formula is C25H17BrF3NO. The second-order valence-electron chi connectivity index (χ2n) is 7.23. The van der Waals surface area contributed by atoms with E-state index < -0.39 is 17.7 Å². The second-order valence-corrected chi connectivity index (χ2v) is 8.09. The summed E-state index contributed by atoms with van der Waals surface area (Å²) < 4.78 is 39.8. The third-order valence-electron chi connectivity index (χ3n) is 5.24. The van der Waals surface area contributed by atoms with Crippen molar-refractivity contribution in [2.75, 3.05) is 0 Å². The normalized spacial score (nSPS) is 12.6. The lowest BCUT2D eigenvalue weighted by Gasteiger charge is -2.20. The van der Waals surface area contributed by atoms with Gasteiger partial charge in [0.1, 0.15) is 0 Å². The highest BCUT2D eigenvalue weighted by molar-refractivity contribution is 9.10. The first-order valence-corrected chi connectivity index (χ1v) is 10.4. The molecule has 0 saturated carbocycles. The van der Waals surface area contributed by atoms with E-state index in [4.69, 9.17) is 0 Å². The summed E-state index contributed by atoms with van der Waals surface area (Å²) in [5, 5.41) is 0.861. The molecular weight excluding hydrogens is 467 g/mol. The van der Waals surface area contributed by atoms with Gasteiger partial charge in [-0.15, -0.1) is 0 Å². The Bertz CT molecular complexity index is 1240. The maximum atomic E-state index is 13.2. The molecule has 0 aliphatic rings. The highest BCUT2D eigenvalue weighted by atomic mass is 79.9. The van der Waals surface area contributed by atoms with Crippen molar-refractivity contribution in [1.82, 2.24) is 4.98 Å². The van der Waals surface area contributed by atoms with Gasteiger partial charge in [0.15, 0.2) is 5.78 Å². The number of carbonyl (C=O) groups excluding carboxylic acids is 1. The van der Waals surface area contributed by atoms with Gasteiger partial charge in [0, 0.05) is 34.0 Å². The molecule has 1 heterocycles. The molecule has 0 aliphatic heterocycles. The van der Waals surface area contributed by atoms with E-state index in [0.29, 0.717) is 11.1 Å². The van der Waals surface area contributed by atoms with Crippen LogP contribution in [-0.2, 0) is 6.18 Å². The third-order valence-corrected chi connectivity index (χ3v) is 5.96. The maximum Gasteiger partial charge on any atom is 0.416 e. The molecule has 0 radical (unpaired) electrons. The van der Waals surface area contributed by atoms with Gasteiger partial charge in [-0.25, -0.2) is 0 Å². The van der Waals surface area contributed by atoms with Crippen molar-refractivity contribution in [2.45, 2.75) is 18.5 Å². The fraction of sp³-hybridized carbons (Fsp3) is 0.120. The number of alkyl halides is 3. The number of fused-ring (bicyclic) bond motifs is 1. The molecule has 2 nitrogen and oxygen atoms in total. The van der Waals surface area contributed by atoms with E-state index in [1.165, 1.54) is 12.1 Å². The van der Waals surface area contributed by atoms with Crippen molar-refractivity contribution < 1.29 is 18.0 Å². The second kappa shape index (κ2) is 8.63. The van der Waals surface area contributed by atoms with Crippen LogP contribution in [0.1, 0.15) is 39.4 Å². The monoisotopic (exact) mass is 483 g/mol. The Morgan fingerprint density at radius 1 is 0.935 bits per heavy atom. The lowest BCUT2D eigenvalue weighted by Crippen LogP contribution is -2.11. The minimum atomic E-state index is -4.41. The number of aromatic nitrogens is 1. The van der Waals surface area contributed by atoms with Crippen molar-refractivity contribution in [3.63, 3.8) is 0 Å². The van der Waals surface area contributed by atoms with Crippen molar-refractivity contribution in [3.05, 3.63) is 112 Å². The lowest BCUT2D eigenvalue weighted by molar-refractivity contribution is -0.137. The van der Waals surface area contributed by atoms with E-state index in [-0.39, 0.29) is 12.2 Å². The number of halogens is 4. The Balaban J connectivity index is 1.70. The molecule has 0 aliphatic carbocycles. The maximum absolute atomic E-state index is 13.2. The van der Waals surface area contributed by atoms with E-state index in [1.807, 2.05) is 36.4 Å². The molecule has 156 valence electrons. The molecule has 4 rings (SSSR count). The molecule has 1 aromatic heterocycles. The highest BCUT2D eigenvalue weighted by Crippen LogP contribution is 2.36. The van der Waals surface area contributed by atoms with E-state index in [9.17, 15) is 18.0 Å². The molecule has 6 heteroatoms. The van der Waals surface area contributed by atoms with Gasteiger partial charge in [0.05, 0.1) is 11.1 Å². The number of ketones is 1. The lowest BCUT2D eigenvalue weighted by atomic mass is 9.85. The summed E-state index contributed by atoms with van der Waals surface area (Å²) >= 11 is 3.52. The average molecular weight is 484 g/mol. The first-order chi connectivity index (χ1) is 14.8. The van der Waals surface area contributed by atoms with Gasteiger partial charge in [-0.2, -0.15) is 13.2 Å². The standard InChI is InChI=1S/C25H17BrF3NO/c26-22-6-2-1-5-20(22)21(16-7-10-19(11-8-16)25(27,28)29)15-24(31)18-9-12-23-17(14-18)4-3-13-30-23/h1-14,21H,15H2/t21-/m0/s1. The molecule has 0 bridgehead atoms. The minimum Gasteiger partial charge on any atom is -0.294 e. The number of carbonyl (C=O) groups is 1. The molecule has 0 unspecified atom stereocenters. The van der Waals surface area contributed by atoms with Gasteiger partial charge < -0.3 is 0 Å². The van der Waals surface area contributed by atoms with Crippen molar-refractivity contribution >= 4 is 32.6 Å². The smallest absolute Gasteiger partial charge is 0.294 e. The van der Waals surface area contributed by atoms with Gasteiger partial charge in [-0.05, 0) is 53.6 Å². The largest absolute Gasteiger partial charge is 0.416 e. The highest BCUT2D eigenvalue weighted by Gasteiger charge is 2.30. The number of benzene rings is 3. The van der Waals surface area contributed by atoms with Crippen molar-refractivity contribution in [3.8, 4) is 0 Å². The number of pyridine rings is 1. The zero-order valence-electron chi connectivity index (χ0n) is 16.2. The van der Waals surface area contributed by atoms with Crippen LogP contribution in [0.4, 0.5) is 13.2 Å². The first-order valence-electron chi connectivity index (χ1n) is 9.62. The van der Waals surface area contributed by atoms with Crippen LogP contribution < -0.4 is 0 Å². The summed E-state index contributed by atoms with van der Waals surface area (Å²) in [4.78, 5) is 17.4. The van der Waals surface area contributed by atoms with E-state index >= 15 is 0 Å². The zero-order chi connectivity index (χ0) is 22.0. The van der Waals surface area contributed by atoms with E-state index in [0.717, 1.165) is 33.1 Å². The summed E-state index contributed by atoms with van der Waals surface area (Å²) in [6.07, 6.45) is -2.59. The molecule has 0 N–H and O–H groups in total. The molecule has 31 heavy (non-hydrogen) atoms. The molecule has 0 amide bonds. The molecule has 0 fully saturated rings. The van der Waals surface area contributed by atoms with Crippen LogP contribution in [-0.4, -0.2) is 10.8 Å². The number of hydrogen-bond donors (Lipinski definition) is 0. The van der Waals surface area contributed by atoms with E-state index in [2.05, 4.69) is 20.9 Å². The molecule has 4 aromatic rings. The Hall–Kier alpha value is -2.99. The van der Waals surface area contributed by atoms with Crippen molar-refractivity contribution in [2.24, 2.45) is 0 Å². The van der Waals surface area contributed by atoms with Gasteiger partial charge in [-0.1, -0.05) is 52.3 Å².